The SMILES string of the molecule is CCC1(C(=O)NCc2cnc[nH]2)CCCN1. The molecule has 0 aromatic carbocycles. The van der Waals surface area contributed by atoms with Gasteiger partial charge in [-0.1, -0.05) is 6.92 Å². The third-order valence-electron chi connectivity index (χ3n) is 3.28. The lowest BCUT2D eigenvalue weighted by Gasteiger charge is -2.26. The summed E-state index contributed by atoms with van der Waals surface area (Å²) in [5, 5.41) is 6.26. The Hall–Kier alpha value is -1.36. The molecule has 1 atom stereocenters. The van der Waals surface area contributed by atoms with Crippen molar-refractivity contribution < 1.29 is 4.79 Å². The molecule has 16 heavy (non-hydrogen) atoms. The second kappa shape index (κ2) is 4.65. The standard InChI is InChI=1S/C11H18N4O/c1-2-11(4-3-5-15-11)10(16)13-7-9-6-12-8-14-9/h6,8,15H,2-5,7H2,1H3,(H,12,14)(H,13,16). The number of nitrogens with zero attached hydrogens (tertiary/aromatic N) is 1. The Bertz CT molecular complexity index is 341. The first kappa shape index (κ1) is 11.1. The Morgan fingerprint density at radius 1 is 1.69 bits per heavy atom. The van der Waals surface area contributed by atoms with E-state index in [1.165, 1.54) is 0 Å². The van der Waals surface area contributed by atoms with Gasteiger partial charge in [-0.2, -0.15) is 0 Å². The number of carbonyl (C=O) groups excluding carboxylic acids is 1. The number of hydrogen-bond acceptors (Lipinski definition) is 3. The number of amides is 1. The van der Waals surface area contributed by atoms with Gasteiger partial charge in [0.25, 0.3) is 0 Å². The van der Waals surface area contributed by atoms with Gasteiger partial charge in [-0.15, -0.1) is 0 Å². The minimum absolute atomic E-state index is 0.0992. The average Bonchev–Trinajstić information content (AvgIpc) is 2.97. The zero-order valence-corrected chi connectivity index (χ0v) is 9.55. The van der Waals surface area contributed by atoms with Crippen LogP contribution in [0.3, 0.4) is 0 Å². The van der Waals surface area contributed by atoms with Crippen molar-refractivity contribution in [3.05, 3.63) is 18.2 Å². The van der Waals surface area contributed by atoms with Crippen molar-refractivity contribution in [2.45, 2.75) is 38.3 Å². The Morgan fingerprint density at radius 3 is 3.12 bits per heavy atom. The number of H-pyrrole nitrogens is 1. The molecular formula is C11H18N4O. The van der Waals surface area contributed by atoms with E-state index in [-0.39, 0.29) is 11.4 Å². The monoisotopic (exact) mass is 222 g/mol. The van der Waals surface area contributed by atoms with Crippen molar-refractivity contribution in [1.29, 1.82) is 0 Å². The molecule has 3 N–H and O–H groups in total. The molecule has 88 valence electrons. The van der Waals surface area contributed by atoms with Crippen LogP contribution in [-0.2, 0) is 11.3 Å². The summed E-state index contributed by atoms with van der Waals surface area (Å²) in [6, 6.07) is 0. The van der Waals surface area contributed by atoms with Crippen molar-refractivity contribution in [2.24, 2.45) is 0 Å². The lowest BCUT2D eigenvalue weighted by atomic mass is 9.93. The van der Waals surface area contributed by atoms with E-state index in [2.05, 4.69) is 20.6 Å². The van der Waals surface area contributed by atoms with Crippen LogP contribution < -0.4 is 10.6 Å². The quantitative estimate of drug-likeness (QED) is 0.697. The second-order valence-electron chi connectivity index (χ2n) is 4.23. The molecule has 1 aromatic rings. The Morgan fingerprint density at radius 2 is 2.56 bits per heavy atom. The van der Waals surface area contributed by atoms with Gasteiger partial charge in [0.1, 0.15) is 0 Å². The minimum atomic E-state index is -0.347. The summed E-state index contributed by atoms with van der Waals surface area (Å²) in [5.41, 5.74) is 0.581. The van der Waals surface area contributed by atoms with Gasteiger partial charge in [-0.25, -0.2) is 4.98 Å². The van der Waals surface area contributed by atoms with E-state index in [9.17, 15) is 4.79 Å². The largest absolute Gasteiger partial charge is 0.349 e. The van der Waals surface area contributed by atoms with Crippen LogP contribution in [0.5, 0.6) is 0 Å². The summed E-state index contributed by atoms with van der Waals surface area (Å²) in [6.45, 7) is 3.50. The first-order valence-electron chi connectivity index (χ1n) is 5.77. The normalized spacial score (nSPS) is 24.6. The molecule has 0 radical (unpaired) electrons. The highest BCUT2D eigenvalue weighted by Gasteiger charge is 2.38. The highest BCUT2D eigenvalue weighted by Crippen LogP contribution is 2.23. The summed E-state index contributed by atoms with van der Waals surface area (Å²) in [5.74, 6) is 0.0992. The molecule has 0 saturated carbocycles. The molecule has 5 heteroatoms. The van der Waals surface area contributed by atoms with E-state index in [1.807, 2.05) is 6.92 Å². The maximum atomic E-state index is 12.1. The van der Waals surface area contributed by atoms with Crippen LogP contribution in [0.15, 0.2) is 12.5 Å². The topological polar surface area (TPSA) is 69.8 Å². The van der Waals surface area contributed by atoms with E-state index in [0.29, 0.717) is 6.54 Å². The van der Waals surface area contributed by atoms with Crippen molar-refractivity contribution in [3.8, 4) is 0 Å². The van der Waals surface area contributed by atoms with E-state index < -0.39 is 0 Å². The Balaban J connectivity index is 1.91. The van der Waals surface area contributed by atoms with Gasteiger partial charge in [0.05, 0.1) is 24.1 Å². The maximum Gasteiger partial charge on any atom is 0.240 e. The summed E-state index contributed by atoms with van der Waals surface area (Å²) in [6.07, 6.45) is 6.18. The van der Waals surface area contributed by atoms with Crippen LogP contribution in [0, 0.1) is 0 Å². The van der Waals surface area contributed by atoms with Crippen LogP contribution >= 0.6 is 0 Å². The molecule has 1 aliphatic rings. The minimum Gasteiger partial charge on any atom is -0.349 e. The highest BCUT2D eigenvalue weighted by molar-refractivity contribution is 5.86. The molecule has 2 heterocycles. The van der Waals surface area contributed by atoms with E-state index in [1.54, 1.807) is 12.5 Å². The number of nitrogens with one attached hydrogen (secondary N) is 3. The molecule has 2 rings (SSSR count). The molecule has 0 aliphatic carbocycles. The number of hydrogen-bond donors (Lipinski definition) is 3. The second-order valence-corrected chi connectivity index (χ2v) is 4.23. The van der Waals surface area contributed by atoms with Gasteiger partial charge < -0.3 is 15.6 Å². The molecule has 0 bridgehead atoms. The van der Waals surface area contributed by atoms with Crippen LogP contribution in [0.2, 0.25) is 0 Å². The zero-order chi connectivity index (χ0) is 11.4. The third-order valence-corrected chi connectivity index (χ3v) is 3.28. The fraction of sp³-hybridized carbons (Fsp3) is 0.636. The number of aromatic nitrogens is 2. The lowest BCUT2D eigenvalue weighted by Crippen LogP contribution is -2.52. The van der Waals surface area contributed by atoms with Crippen molar-refractivity contribution in [1.82, 2.24) is 20.6 Å². The number of carbonyl (C=O) groups is 1. The fourth-order valence-corrected chi connectivity index (χ4v) is 2.19. The van der Waals surface area contributed by atoms with Crippen LogP contribution in [0.1, 0.15) is 31.9 Å². The Kier molecular flexibility index (Phi) is 3.24. The van der Waals surface area contributed by atoms with Crippen LogP contribution in [0.25, 0.3) is 0 Å². The summed E-state index contributed by atoms with van der Waals surface area (Å²) >= 11 is 0. The molecule has 1 aromatic heterocycles. The van der Waals surface area contributed by atoms with E-state index >= 15 is 0 Å². The van der Waals surface area contributed by atoms with Crippen molar-refractivity contribution >= 4 is 5.91 Å². The molecule has 5 nitrogen and oxygen atoms in total. The smallest absolute Gasteiger partial charge is 0.240 e. The molecule has 1 amide bonds. The van der Waals surface area contributed by atoms with Crippen molar-refractivity contribution in [3.63, 3.8) is 0 Å². The first-order valence-corrected chi connectivity index (χ1v) is 5.77. The first-order chi connectivity index (χ1) is 7.77. The van der Waals surface area contributed by atoms with Gasteiger partial charge in [-0.05, 0) is 25.8 Å². The molecule has 1 fully saturated rings. The number of imidazole rings is 1. The highest BCUT2D eigenvalue weighted by atomic mass is 16.2. The van der Waals surface area contributed by atoms with E-state index in [0.717, 1.165) is 31.5 Å². The molecule has 1 saturated heterocycles. The lowest BCUT2D eigenvalue weighted by molar-refractivity contribution is -0.127. The van der Waals surface area contributed by atoms with Gasteiger partial charge in [-0.3, -0.25) is 4.79 Å². The molecule has 1 unspecified atom stereocenters. The summed E-state index contributed by atoms with van der Waals surface area (Å²) in [7, 11) is 0. The van der Waals surface area contributed by atoms with Gasteiger partial charge in [0.2, 0.25) is 5.91 Å². The van der Waals surface area contributed by atoms with Gasteiger partial charge in [0, 0.05) is 6.20 Å². The number of aromatic amines is 1. The molecule has 0 spiro atoms. The van der Waals surface area contributed by atoms with Crippen LogP contribution in [0.4, 0.5) is 0 Å². The summed E-state index contributed by atoms with van der Waals surface area (Å²) < 4.78 is 0. The Labute approximate surface area is 95.0 Å². The van der Waals surface area contributed by atoms with Crippen LogP contribution in [-0.4, -0.2) is 28.0 Å². The van der Waals surface area contributed by atoms with Gasteiger partial charge >= 0.3 is 0 Å². The maximum absolute atomic E-state index is 12.1. The number of rotatable bonds is 4. The summed E-state index contributed by atoms with van der Waals surface area (Å²) in [4.78, 5) is 19.0. The molecule has 1 aliphatic heterocycles. The average molecular weight is 222 g/mol. The van der Waals surface area contributed by atoms with Gasteiger partial charge in [0.15, 0.2) is 0 Å². The van der Waals surface area contributed by atoms with Crippen molar-refractivity contribution in [2.75, 3.05) is 6.54 Å². The third kappa shape index (κ3) is 2.09. The van der Waals surface area contributed by atoms with E-state index in [4.69, 9.17) is 0 Å². The predicted octanol–water partition coefficient (Wildman–Crippen LogP) is 0.558. The zero-order valence-electron chi connectivity index (χ0n) is 9.55. The predicted molar refractivity (Wildman–Crippen MR) is 60.7 cm³/mol. The molecular weight excluding hydrogens is 204 g/mol. The fourth-order valence-electron chi connectivity index (χ4n) is 2.19.